The molecule has 74 valence electrons. The highest BCUT2D eigenvalue weighted by atomic mass is 32.2. The Hall–Kier alpha value is -0.890. The van der Waals surface area contributed by atoms with Gasteiger partial charge in [0.1, 0.15) is 0 Å². The number of rotatable bonds is 3. The first kappa shape index (κ1) is 9.66. The topological polar surface area (TPSA) is 15.8 Å². The Kier molecular flexibility index (Phi) is 2.82. The Bertz CT molecular complexity index is 431. The van der Waals surface area contributed by atoms with Crippen molar-refractivity contribution in [1.82, 2.24) is 4.98 Å². The van der Waals surface area contributed by atoms with Crippen LogP contribution in [0.4, 0.5) is 0 Å². The molecule has 2 aromatic rings. The highest BCUT2D eigenvalue weighted by Gasteiger charge is 2.03. The van der Waals surface area contributed by atoms with E-state index in [4.69, 9.17) is 0 Å². The van der Waals surface area contributed by atoms with Crippen molar-refractivity contribution < 1.29 is 0 Å². The van der Waals surface area contributed by atoms with Gasteiger partial charge in [-0.25, -0.2) is 0 Å². The van der Waals surface area contributed by atoms with Gasteiger partial charge in [-0.2, -0.15) is 11.8 Å². The quantitative estimate of drug-likeness (QED) is 0.807. The molecule has 1 N–H and O–H groups in total. The van der Waals surface area contributed by atoms with Crippen molar-refractivity contribution in [2.45, 2.75) is 19.6 Å². The first-order chi connectivity index (χ1) is 6.83. The van der Waals surface area contributed by atoms with Gasteiger partial charge in [0.15, 0.2) is 0 Å². The number of aryl methyl sites for hydroxylation is 1. The Labute approximate surface area is 88.9 Å². The summed E-state index contributed by atoms with van der Waals surface area (Å²) in [5, 5.41) is 1.38. The number of hydrogen-bond donors (Lipinski definition) is 1. The monoisotopic (exact) mass is 205 g/mol. The molecule has 0 amide bonds. The number of benzene rings is 1. The second-order valence-electron chi connectivity index (χ2n) is 3.45. The minimum absolute atomic E-state index is 1.11. The zero-order valence-electron chi connectivity index (χ0n) is 8.63. The lowest BCUT2D eigenvalue weighted by molar-refractivity contribution is 1.37. The van der Waals surface area contributed by atoms with Gasteiger partial charge in [0, 0.05) is 22.9 Å². The molecule has 1 heterocycles. The van der Waals surface area contributed by atoms with E-state index in [0.717, 1.165) is 5.75 Å². The Balaban J connectivity index is 2.42. The predicted octanol–water partition coefficient (Wildman–Crippen LogP) is 3.73. The molecular formula is C12H15NS. The summed E-state index contributed by atoms with van der Waals surface area (Å²) in [5.41, 5.74) is 4.05. The van der Waals surface area contributed by atoms with Crippen LogP contribution < -0.4 is 0 Å². The number of H-pyrrole nitrogens is 1. The van der Waals surface area contributed by atoms with Crippen LogP contribution in [-0.2, 0) is 5.75 Å². The van der Waals surface area contributed by atoms with E-state index in [1.165, 1.54) is 27.8 Å². The minimum atomic E-state index is 1.11. The molecule has 14 heavy (non-hydrogen) atoms. The average molecular weight is 205 g/mol. The maximum absolute atomic E-state index is 3.35. The summed E-state index contributed by atoms with van der Waals surface area (Å²) in [6.45, 7) is 4.35. The van der Waals surface area contributed by atoms with Gasteiger partial charge in [0.05, 0.1) is 0 Å². The smallest absolute Gasteiger partial charge is 0.0486 e. The highest BCUT2D eigenvalue weighted by Crippen LogP contribution is 2.24. The minimum Gasteiger partial charge on any atom is -0.361 e. The van der Waals surface area contributed by atoms with Crippen LogP contribution in [0.5, 0.6) is 0 Å². The third kappa shape index (κ3) is 1.67. The van der Waals surface area contributed by atoms with Crippen molar-refractivity contribution in [1.29, 1.82) is 0 Å². The summed E-state index contributed by atoms with van der Waals surface area (Å²) in [6.07, 6.45) is 2.14. The van der Waals surface area contributed by atoms with Gasteiger partial charge in [-0.05, 0) is 23.8 Å². The largest absolute Gasteiger partial charge is 0.361 e. The van der Waals surface area contributed by atoms with E-state index in [9.17, 15) is 0 Å². The Morgan fingerprint density at radius 1 is 1.36 bits per heavy atom. The second kappa shape index (κ2) is 4.09. The maximum atomic E-state index is 3.35. The first-order valence-electron chi connectivity index (χ1n) is 4.96. The summed E-state index contributed by atoms with van der Waals surface area (Å²) in [7, 11) is 0. The van der Waals surface area contributed by atoms with Crippen LogP contribution in [0.25, 0.3) is 10.9 Å². The second-order valence-corrected chi connectivity index (χ2v) is 4.72. The first-order valence-corrected chi connectivity index (χ1v) is 6.11. The van der Waals surface area contributed by atoms with Crippen LogP contribution in [0.2, 0.25) is 0 Å². The molecule has 2 rings (SSSR count). The van der Waals surface area contributed by atoms with Crippen LogP contribution in [0.3, 0.4) is 0 Å². The van der Waals surface area contributed by atoms with Crippen molar-refractivity contribution in [3.63, 3.8) is 0 Å². The lowest BCUT2D eigenvalue weighted by atomic mass is 10.1. The van der Waals surface area contributed by atoms with Gasteiger partial charge in [0.25, 0.3) is 0 Å². The lowest BCUT2D eigenvalue weighted by Crippen LogP contribution is -1.79. The Morgan fingerprint density at radius 2 is 2.21 bits per heavy atom. The zero-order chi connectivity index (χ0) is 9.97. The van der Waals surface area contributed by atoms with Gasteiger partial charge < -0.3 is 4.98 Å². The highest BCUT2D eigenvalue weighted by molar-refractivity contribution is 7.98. The fourth-order valence-electron chi connectivity index (χ4n) is 1.70. The summed E-state index contributed by atoms with van der Waals surface area (Å²) < 4.78 is 0. The molecule has 0 fully saturated rings. The summed E-state index contributed by atoms with van der Waals surface area (Å²) in [5.74, 6) is 2.29. The van der Waals surface area contributed by atoms with Crippen molar-refractivity contribution >= 4 is 22.7 Å². The van der Waals surface area contributed by atoms with Crippen LogP contribution >= 0.6 is 11.8 Å². The number of nitrogens with one attached hydrogen (secondary N) is 1. The molecule has 0 spiro atoms. The van der Waals surface area contributed by atoms with Gasteiger partial charge >= 0.3 is 0 Å². The average Bonchev–Trinajstić information content (AvgIpc) is 2.60. The van der Waals surface area contributed by atoms with Crippen molar-refractivity contribution in [2.24, 2.45) is 0 Å². The fourth-order valence-corrected chi connectivity index (χ4v) is 2.36. The standard InChI is InChI=1S/C12H15NS/c1-3-14-8-10-7-13-12-9(2)5-4-6-11(10)12/h4-7,13H,3,8H2,1-2H3. The van der Waals surface area contributed by atoms with Crippen LogP contribution in [0.15, 0.2) is 24.4 Å². The normalized spacial score (nSPS) is 11.0. The number of aromatic amines is 1. The number of hydrogen-bond acceptors (Lipinski definition) is 1. The van der Waals surface area contributed by atoms with E-state index in [-0.39, 0.29) is 0 Å². The molecule has 2 heteroatoms. The molecule has 1 nitrogen and oxygen atoms in total. The number of aromatic nitrogens is 1. The van der Waals surface area contributed by atoms with Crippen molar-refractivity contribution in [2.75, 3.05) is 5.75 Å². The number of thioether (sulfide) groups is 1. The third-order valence-electron chi connectivity index (χ3n) is 2.47. The van der Waals surface area contributed by atoms with E-state index in [2.05, 4.69) is 43.2 Å². The predicted molar refractivity (Wildman–Crippen MR) is 64.9 cm³/mol. The van der Waals surface area contributed by atoms with E-state index in [1.807, 2.05) is 11.8 Å². The molecule has 0 radical (unpaired) electrons. The molecule has 0 saturated carbocycles. The molecule has 1 aromatic carbocycles. The molecule has 0 saturated heterocycles. The molecule has 0 unspecified atom stereocenters. The molecule has 1 aromatic heterocycles. The molecule has 0 atom stereocenters. The summed E-state index contributed by atoms with van der Waals surface area (Å²) in [6, 6.07) is 6.48. The van der Waals surface area contributed by atoms with E-state index in [0.29, 0.717) is 0 Å². The molecule has 0 aliphatic carbocycles. The van der Waals surface area contributed by atoms with Crippen LogP contribution in [0.1, 0.15) is 18.1 Å². The Morgan fingerprint density at radius 3 is 3.00 bits per heavy atom. The summed E-state index contributed by atoms with van der Waals surface area (Å²) >= 11 is 1.97. The third-order valence-corrected chi connectivity index (χ3v) is 3.39. The van der Waals surface area contributed by atoms with E-state index in [1.54, 1.807) is 0 Å². The maximum Gasteiger partial charge on any atom is 0.0486 e. The molecule has 0 bridgehead atoms. The van der Waals surface area contributed by atoms with Gasteiger partial charge in [0.2, 0.25) is 0 Å². The van der Waals surface area contributed by atoms with E-state index >= 15 is 0 Å². The number of fused-ring (bicyclic) bond motifs is 1. The summed E-state index contributed by atoms with van der Waals surface area (Å²) in [4.78, 5) is 3.35. The molecule has 0 aliphatic heterocycles. The molecule has 0 aliphatic rings. The zero-order valence-corrected chi connectivity index (χ0v) is 9.45. The molecular weight excluding hydrogens is 190 g/mol. The van der Waals surface area contributed by atoms with Crippen molar-refractivity contribution in [3.05, 3.63) is 35.5 Å². The van der Waals surface area contributed by atoms with E-state index < -0.39 is 0 Å². The van der Waals surface area contributed by atoms with Crippen LogP contribution in [-0.4, -0.2) is 10.7 Å². The fraction of sp³-hybridized carbons (Fsp3) is 0.333. The van der Waals surface area contributed by atoms with Gasteiger partial charge in [-0.3, -0.25) is 0 Å². The van der Waals surface area contributed by atoms with Crippen LogP contribution in [0, 0.1) is 6.92 Å². The lowest BCUT2D eigenvalue weighted by Gasteiger charge is -1.98. The van der Waals surface area contributed by atoms with Gasteiger partial charge in [-0.15, -0.1) is 0 Å². The van der Waals surface area contributed by atoms with Crippen molar-refractivity contribution in [3.8, 4) is 0 Å². The number of para-hydroxylation sites is 1. The SMILES string of the molecule is CCSCc1c[nH]c2c(C)cccc12. The van der Waals surface area contributed by atoms with Gasteiger partial charge in [-0.1, -0.05) is 25.1 Å².